The quantitative estimate of drug-likeness (QED) is 0.769. The number of hydrogen-bond acceptors (Lipinski definition) is 2. The third-order valence-corrected chi connectivity index (χ3v) is 4.11. The van der Waals surface area contributed by atoms with Crippen LogP contribution >= 0.6 is 11.3 Å². The van der Waals surface area contributed by atoms with Crippen molar-refractivity contribution in [3.05, 3.63) is 22.4 Å². The molecule has 0 fully saturated rings. The molecule has 0 aliphatic heterocycles. The molecule has 0 aliphatic rings. The Hall–Kier alpha value is -0.340. The van der Waals surface area contributed by atoms with Crippen LogP contribution in [-0.4, -0.2) is 6.54 Å². The van der Waals surface area contributed by atoms with E-state index in [0.29, 0.717) is 6.04 Å². The fourth-order valence-electron chi connectivity index (χ4n) is 1.50. The number of rotatable bonds is 6. The van der Waals surface area contributed by atoms with Crippen molar-refractivity contribution >= 4 is 11.3 Å². The second-order valence-electron chi connectivity index (χ2n) is 4.61. The van der Waals surface area contributed by atoms with Gasteiger partial charge in [-0.2, -0.15) is 0 Å². The van der Waals surface area contributed by atoms with Crippen LogP contribution in [0.25, 0.3) is 0 Å². The lowest BCUT2D eigenvalue weighted by Gasteiger charge is -2.21. The minimum absolute atomic E-state index is 0.547. The van der Waals surface area contributed by atoms with Crippen molar-refractivity contribution in [1.29, 1.82) is 0 Å². The molecule has 0 bridgehead atoms. The average molecular weight is 225 g/mol. The molecule has 1 nitrogen and oxygen atoms in total. The summed E-state index contributed by atoms with van der Waals surface area (Å²) in [5, 5.41) is 5.82. The first-order valence-corrected chi connectivity index (χ1v) is 6.79. The zero-order chi connectivity index (χ0) is 11.3. The molecule has 2 atom stereocenters. The van der Waals surface area contributed by atoms with Crippen LogP contribution < -0.4 is 5.32 Å². The van der Waals surface area contributed by atoms with Crippen LogP contribution in [0.4, 0.5) is 0 Å². The summed E-state index contributed by atoms with van der Waals surface area (Å²) < 4.78 is 0. The van der Waals surface area contributed by atoms with Crippen molar-refractivity contribution < 1.29 is 0 Å². The summed E-state index contributed by atoms with van der Waals surface area (Å²) in [7, 11) is 0. The van der Waals surface area contributed by atoms with Gasteiger partial charge in [-0.1, -0.05) is 33.8 Å². The SMILES string of the molecule is CCC(NCC(C)C(C)C)c1cccs1. The number of thiophene rings is 1. The molecule has 1 aromatic rings. The summed E-state index contributed by atoms with van der Waals surface area (Å²) in [4.78, 5) is 1.47. The normalized spacial score (nSPS) is 15.5. The van der Waals surface area contributed by atoms with Gasteiger partial charge in [0.25, 0.3) is 0 Å². The van der Waals surface area contributed by atoms with Crippen molar-refractivity contribution in [2.75, 3.05) is 6.54 Å². The van der Waals surface area contributed by atoms with Gasteiger partial charge in [-0.3, -0.25) is 0 Å². The minimum Gasteiger partial charge on any atom is -0.309 e. The van der Waals surface area contributed by atoms with E-state index in [9.17, 15) is 0 Å². The van der Waals surface area contributed by atoms with E-state index in [-0.39, 0.29) is 0 Å². The van der Waals surface area contributed by atoms with Crippen molar-refractivity contribution in [2.24, 2.45) is 11.8 Å². The smallest absolute Gasteiger partial charge is 0.0412 e. The first-order valence-electron chi connectivity index (χ1n) is 5.92. The van der Waals surface area contributed by atoms with E-state index >= 15 is 0 Å². The van der Waals surface area contributed by atoms with Crippen LogP contribution in [0, 0.1) is 11.8 Å². The molecule has 86 valence electrons. The molecule has 0 saturated carbocycles. The summed E-state index contributed by atoms with van der Waals surface area (Å²) in [5.41, 5.74) is 0. The van der Waals surface area contributed by atoms with Gasteiger partial charge in [-0.05, 0) is 36.2 Å². The molecular weight excluding hydrogens is 202 g/mol. The van der Waals surface area contributed by atoms with E-state index < -0.39 is 0 Å². The van der Waals surface area contributed by atoms with Crippen LogP contribution in [-0.2, 0) is 0 Å². The van der Waals surface area contributed by atoms with Crippen molar-refractivity contribution in [1.82, 2.24) is 5.32 Å². The molecule has 2 unspecified atom stereocenters. The maximum Gasteiger partial charge on any atom is 0.0412 e. The summed E-state index contributed by atoms with van der Waals surface area (Å²) in [5.74, 6) is 1.51. The van der Waals surface area contributed by atoms with E-state index in [1.807, 2.05) is 11.3 Å². The number of nitrogens with one attached hydrogen (secondary N) is 1. The van der Waals surface area contributed by atoms with Gasteiger partial charge in [0.2, 0.25) is 0 Å². The Morgan fingerprint density at radius 2 is 2.07 bits per heavy atom. The first-order chi connectivity index (χ1) is 7.15. The third kappa shape index (κ3) is 3.96. The van der Waals surface area contributed by atoms with E-state index in [1.54, 1.807) is 0 Å². The fourth-order valence-corrected chi connectivity index (χ4v) is 2.39. The van der Waals surface area contributed by atoms with E-state index in [0.717, 1.165) is 18.4 Å². The lowest BCUT2D eigenvalue weighted by molar-refractivity contribution is 0.367. The van der Waals surface area contributed by atoms with E-state index in [2.05, 4.69) is 50.5 Å². The predicted octanol–water partition coefficient (Wildman–Crippen LogP) is 4.08. The summed E-state index contributed by atoms with van der Waals surface area (Å²) >= 11 is 1.85. The maximum atomic E-state index is 3.66. The molecule has 0 aromatic carbocycles. The standard InChI is InChI=1S/C13H23NS/c1-5-12(13-7-6-8-15-13)14-9-11(4)10(2)3/h6-8,10-12,14H,5,9H2,1-4H3. The Kier molecular flexibility index (Phi) is 5.34. The van der Waals surface area contributed by atoms with Gasteiger partial charge in [0, 0.05) is 10.9 Å². The molecule has 2 heteroatoms. The molecule has 0 spiro atoms. The van der Waals surface area contributed by atoms with Crippen molar-refractivity contribution in [2.45, 2.75) is 40.2 Å². The van der Waals surface area contributed by atoms with Crippen LogP contribution in [0.1, 0.15) is 45.0 Å². The van der Waals surface area contributed by atoms with Crippen molar-refractivity contribution in [3.63, 3.8) is 0 Å². The minimum atomic E-state index is 0.547. The van der Waals surface area contributed by atoms with Gasteiger partial charge < -0.3 is 5.32 Å². The van der Waals surface area contributed by atoms with Crippen LogP contribution in [0.15, 0.2) is 17.5 Å². The Morgan fingerprint density at radius 3 is 2.53 bits per heavy atom. The molecule has 1 rings (SSSR count). The third-order valence-electron chi connectivity index (χ3n) is 3.12. The first kappa shape index (κ1) is 12.7. The lowest BCUT2D eigenvalue weighted by atomic mass is 9.98. The van der Waals surface area contributed by atoms with Crippen LogP contribution in [0.3, 0.4) is 0 Å². The zero-order valence-corrected chi connectivity index (χ0v) is 11.1. The van der Waals surface area contributed by atoms with Gasteiger partial charge >= 0.3 is 0 Å². The van der Waals surface area contributed by atoms with Gasteiger partial charge in [0.1, 0.15) is 0 Å². The number of hydrogen-bond donors (Lipinski definition) is 1. The molecule has 0 aliphatic carbocycles. The molecular formula is C13H23NS. The monoisotopic (exact) mass is 225 g/mol. The molecule has 0 saturated heterocycles. The largest absolute Gasteiger partial charge is 0.309 e. The Labute approximate surface area is 97.9 Å². The second-order valence-corrected chi connectivity index (χ2v) is 5.59. The van der Waals surface area contributed by atoms with E-state index in [4.69, 9.17) is 0 Å². The lowest BCUT2D eigenvalue weighted by Crippen LogP contribution is -2.27. The molecule has 1 aromatic heterocycles. The highest BCUT2D eigenvalue weighted by Gasteiger charge is 2.12. The highest BCUT2D eigenvalue weighted by Crippen LogP contribution is 2.22. The highest BCUT2D eigenvalue weighted by molar-refractivity contribution is 7.10. The Morgan fingerprint density at radius 1 is 1.33 bits per heavy atom. The topological polar surface area (TPSA) is 12.0 Å². The van der Waals surface area contributed by atoms with E-state index in [1.165, 1.54) is 11.3 Å². The zero-order valence-electron chi connectivity index (χ0n) is 10.3. The highest BCUT2D eigenvalue weighted by atomic mass is 32.1. The van der Waals surface area contributed by atoms with Crippen LogP contribution in [0.2, 0.25) is 0 Å². The van der Waals surface area contributed by atoms with Gasteiger partial charge in [0.05, 0.1) is 0 Å². The van der Waals surface area contributed by atoms with Gasteiger partial charge in [-0.15, -0.1) is 11.3 Å². The summed E-state index contributed by atoms with van der Waals surface area (Å²) in [6.07, 6.45) is 1.17. The molecule has 0 radical (unpaired) electrons. The second kappa shape index (κ2) is 6.29. The van der Waals surface area contributed by atoms with Crippen molar-refractivity contribution in [3.8, 4) is 0 Å². The molecule has 1 N–H and O–H groups in total. The average Bonchev–Trinajstić information content (AvgIpc) is 2.71. The predicted molar refractivity (Wildman–Crippen MR) is 69.4 cm³/mol. The fraction of sp³-hybridized carbons (Fsp3) is 0.692. The van der Waals surface area contributed by atoms with Gasteiger partial charge in [-0.25, -0.2) is 0 Å². The molecule has 1 heterocycles. The van der Waals surface area contributed by atoms with Crippen LogP contribution in [0.5, 0.6) is 0 Å². The summed E-state index contributed by atoms with van der Waals surface area (Å²) in [6, 6.07) is 4.91. The maximum absolute atomic E-state index is 3.66. The molecule has 15 heavy (non-hydrogen) atoms. The Bertz CT molecular complexity index is 254. The molecule has 0 amide bonds. The summed E-state index contributed by atoms with van der Waals surface area (Å²) in [6.45, 7) is 10.3. The Balaban J connectivity index is 2.42. The van der Waals surface area contributed by atoms with Gasteiger partial charge in [0.15, 0.2) is 0 Å².